The lowest BCUT2D eigenvalue weighted by molar-refractivity contribution is 0.379. The van der Waals surface area contributed by atoms with E-state index in [-0.39, 0.29) is 0 Å². The van der Waals surface area contributed by atoms with Gasteiger partial charge in [-0.3, -0.25) is 0 Å². The maximum atomic E-state index is 9.50. The Morgan fingerprint density at radius 2 is 1.69 bits per heavy atom. The third-order valence-corrected chi connectivity index (χ3v) is 2.63. The summed E-state index contributed by atoms with van der Waals surface area (Å²) in [7, 11) is 0. The second-order valence-corrected chi connectivity index (χ2v) is 5.18. The van der Waals surface area contributed by atoms with Gasteiger partial charge in [-0.15, -0.1) is 0 Å². The molecule has 0 atom stereocenters. The van der Waals surface area contributed by atoms with Gasteiger partial charge in [-0.25, -0.2) is 0 Å². The molecule has 0 aliphatic carbocycles. The maximum Gasteiger partial charge on any atom is 0.0925 e. The Kier molecular flexibility index (Phi) is 9.07. The molecular weight excluding hydrogens is 196 g/mol. The van der Waals surface area contributed by atoms with Gasteiger partial charge in [0.25, 0.3) is 0 Å². The third-order valence-electron chi connectivity index (χ3n) is 2.63. The van der Waals surface area contributed by atoms with Crippen molar-refractivity contribution in [2.45, 2.75) is 65.7 Å². The molecule has 0 saturated heterocycles. The standard InChI is InChI=1S/C15H28O/c1-13(2)10-8-6-5-7-9-11-15(16)12-14(3)4/h12-13,16H,3,5-11H2,1-2,4H3. The number of aliphatic hydroxyl groups excluding tert-OH is 1. The van der Waals surface area contributed by atoms with Crippen LogP contribution in [0.4, 0.5) is 0 Å². The van der Waals surface area contributed by atoms with E-state index >= 15 is 0 Å². The molecule has 94 valence electrons. The van der Waals surface area contributed by atoms with E-state index < -0.39 is 0 Å². The van der Waals surface area contributed by atoms with Crippen LogP contribution in [0, 0.1) is 5.92 Å². The lowest BCUT2D eigenvalue weighted by Gasteiger charge is -2.04. The van der Waals surface area contributed by atoms with Crippen molar-refractivity contribution in [1.29, 1.82) is 0 Å². The van der Waals surface area contributed by atoms with E-state index in [4.69, 9.17) is 0 Å². The highest BCUT2D eigenvalue weighted by Crippen LogP contribution is 2.13. The molecule has 0 heterocycles. The topological polar surface area (TPSA) is 20.2 Å². The van der Waals surface area contributed by atoms with Crippen LogP contribution in [-0.2, 0) is 0 Å². The maximum absolute atomic E-state index is 9.50. The molecule has 0 aromatic heterocycles. The summed E-state index contributed by atoms with van der Waals surface area (Å²) in [6, 6.07) is 0. The highest BCUT2D eigenvalue weighted by Gasteiger charge is 1.96. The zero-order valence-corrected chi connectivity index (χ0v) is 11.3. The van der Waals surface area contributed by atoms with Gasteiger partial charge in [0.2, 0.25) is 0 Å². The molecule has 0 rings (SSSR count). The van der Waals surface area contributed by atoms with Crippen molar-refractivity contribution in [1.82, 2.24) is 0 Å². The lowest BCUT2D eigenvalue weighted by Crippen LogP contribution is -1.88. The molecule has 1 nitrogen and oxygen atoms in total. The molecule has 1 heteroatoms. The zero-order valence-electron chi connectivity index (χ0n) is 11.3. The molecule has 0 bridgehead atoms. The summed E-state index contributed by atoms with van der Waals surface area (Å²) in [5, 5.41) is 9.50. The molecule has 1 N–H and O–H groups in total. The van der Waals surface area contributed by atoms with Gasteiger partial charge in [0.1, 0.15) is 0 Å². The first-order chi connectivity index (χ1) is 7.52. The minimum Gasteiger partial charge on any atom is -0.512 e. The van der Waals surface area contributed by atoms with E-state index in [1.165, 1.54) is 32.1 Å². The van der Waals surface area contributed by atoms with Gasteiger partial charge in [0.15, 0.2) is 0 Å². The molecule has 0 fully saturated rings. The molecule has 0 spiro atoms. The quantitative estimate of drug-likeness (QED) is 0.316. The average molecular weight is 224 g/mol. The Hall–Kier alpha value is -0.720. The van der Waals surface area contributed by atoms with Crippen LogP contribution in [0.25, 0.3) is 0 Å². The molecule has 0 aliphatic heterocycles. The Labute approximate surface area is 101 Å². The van der Waals surface area contributed by atoms with E-state index in [2.05, 4.69) is 20.4 Å². The second kappa shape index (κ2) is 9.50. The van der Waals surface area contributed by atoms with Crippen LogP contribution >= 0.6 is 0 Å². The summed E-state index contributed by atoms with van der Waals surface area (Å²) < 4.78 is 0. The van der Waals surface area contributed by atoms with Gasteiger partial charge in [-0.05, 0) is 25.3 Å². The van der Waals surface area contributed by atoms with Gasteiger partial charge in [0, 0.05) is 6.42 Å². The number of hydrogen-bond acceptors (Lipinski definition) is 1. The molecule has 16 heavy (non-hydrogen) atoms. The fraction of sp³-hybridized carbons (Fsp3) is 0.733. The summed E-state index contributed by atoms with van der Waals surface area (Å²) in [5.41, 5.74) is 0.925. The third kappa shape index (κ3) is 11.4. The van der Waals surface area contributed by atoms with Crippen LogP contribution in [0.3, 0.4) is 0 Å². The van der Waals surface area contributed by atoms with Crippen molar-refractivity contribution in [3.05, 3.63) is 24.0 Å². The lowest BCUT2D eigenvalue weighted by atomic mass is 10.0. The number of rotatable bonds is 9. The fourth-order valence-electron chi connectivity index (χ4n) is 1.75. The van der Waals surface area contributed by atoms with E-state index in [1.54, 1.807) is 6.08 Å². The first-order valence-corrected chi connectivity index (χ1v) is 6.57. The van der Waals surface area contributed by atoms with Crippen LogP contribution in [0.5, 0.6) is 0 Å². The van der Waals surface area contributed by atoms with Crippen LogP contribution < -0.4 is 0 Å². The van der Waals surface area contributed by atoms with Crippen LogP contribution in [0.1, 0.15) is 65.7 Å². The molecule has 0 aliphatic rings. The predicted octanol–water partition coefficient (Wildman–Crippen LogP) is 5.39. The fourth-order valence-corrected chi connectivity index (χ4v) is 1.75. The van der Waals surface area contributed by atoms with Crippen molar-refractivity contribution in [3.8, 4) is 0 Å². The van der Waals surface area contributed by atoms with Gasteiger partial charge < -0.3 is 5.11 Å². The molecule has 0 aromatic carbocycles. The van der Waals surface area contributed by atoms with Crippen molar-refractivity contribution in [3.63, 3.8) is 0 Å². The number of hydrogen-bond donors (Lipinski definition) is 1. The first kappa shape index (κ1) is 15.3. The second-order valence-electron chi connectivity index (χ2n) is 5.18. The van der Waals surface area contributed by atoms with Gasteiger partial charge >= 0.3 is 0 Å². The van der Waals surface area contributed by atoms with Crippen molar-refractivity contribution >= 4 is 0 Å². The number of allylic oxidation sites excluding steroid dienone is 3. The zero-order chi connectivity index (χ0) is 12.4. The molecular formula is C15H28O. The number of unbranched alkanes of at least 4 members (excludes halogenated alkanes) is 4. The van der Waals surface area contributed by atoms with Crippen molar-refractivity contribution < 1.29 is 5.11 Å². The minimum absolute atomic E-state index is 0.481. The summed E-state index contributed by atoms with van der Waals surface area (Å²) in [6.07, 6.45) is 10.2. The molecule has 0 unspecified atom stereocenters. The highest BCUT2D eigenvalue weighted by molar-refractivity contribution is 5.13. The summed E-state index contributed by atoms with van der Waals surface area (Å²) in [4.78, 5) is 0. The van der Waals surface area contributed by atoms with Gasteiger partial charge in [-0.2, -0.15) is 0 Å². The smallest absolute Gasteiger partial charge is 0.0925 e. The van der Waals surface area contributed by atoms with Crippen molar-refractivity contribution in [2.24, 2.45) is 5.92 Å². The van der Waals surface area contributed by atoms with Crippen molar-refractivity contribution in [2.75, 3.05) is 0 Å². The minimum atomic E-state index is 0.481. The molecule has 0 radical (unpaired) electrons. The monoisotopic (exact) mass is 224 g/mol. The van der Waals surface area contributed by atoms with E-state index in [1.807, 2.05) is 6.92 Å². The molecule has 0 aromatic rings. The number of aliphatic hydroxyl groups is 1. The summed E-state index contributed by atoms with van der Waals surface area (Å²) >= 11 is 0. The van der Waals surface area contributed by atoms with Gasteiger partial charge in [-0.1, -0.05) is 58.1 Å². The Balaban J connectivity index is 3.30. The first-order valence-electron chi connectivity index (χ1n) is 6.57. The van der Waals surface area contributed by atoms with E-state index in [9.17, 15) is 5.11 Å². The van der Waals surface area contributed by atoms with Crippen LogP contribution in [0.2, 0.25) is 0 Å². The summed E-state index contributed by atoms with van der Waals surface area (Å²) in [5.74, 6) is 1.32. The Bertz CT molecular complexity index is 213. The van der Waals surface area contributed by atoms with Crippen LogP contribution in [0.15, 0.2) is 24.0 Å². The van der Waals surface area contributed by atoms with Crippen LogP contribution in [-0.4, -0.2) is 5.11 Å². The Morgan fingerprint density at radius 1 is 1.12 bits per heavy atom. The van der Waals surface area contributed by atoms with E-state index in [0.29, 0.717) is 5.76 Å². The predicted molar refractivity (Wildman–Crippen MR) is 72.7 cm³/mol. The Morgan fingerprint density at radius 3 is 2.25 bits per heavy atom. The molecule has 0 saturated carbocycles. The highest BCUT2D eigenvalue weighted by atomic mass is 16.3. The van der Waals surface area contributed by atoms with E-state index in [0.717, 1.165) is 24.3 Å². The van der Waals surface area contributed by atoms with Gasteiger partial charge in [0.05, 0.1) is 5.76 Å². The normalized spacial score (nSPS) is 12.1. The largest absolute Gasteiger partial charge is 0.512 e. The SMILES string of the molecule is C=C(C)C=C(O)CCCCCCCC(C)C. The summed E-state index contributed by atoms with van der Waals surface area (Å²) in [6.45, 7) is 10.2. The molecule has 0 amide bonds. The average Bonchev–Trinajstić information content (AvgIpc) is 2.14.